The molecule has 1 fully saturated rings. The number of rotatable bonds is 3. The highest BCUT2D eigenvalue weighted by Crippen LogP contribution is 2.35. The van der Waals surface area contributed by atoms with Gasteiger partial charge in [-0.05, 0) is 56.9 Å². The number of nitrogens with zero attached hydrogens (tertiary/aromatic N) is 2. The minimum atomic E-state index is -0.122. The molecule has 1 aliphatic rings. The molecular weight excluding hydrogens is 414 g/mol. The number of carbonyl (C=O) groups excluding carboxylic acids is 1. The van der Waals surface area contributed by atoms with Crippen molar-refractivity contribution in [3.63, 3.8) is 0 Å². The van der Waals surface area contributed by atoms with E-state index in [2.05, 4.69) is 10.5 Å². The summed E-state index contributed by atoms with van der Waals surface area (Å²) < 4.78 is 7.31. The van der Waals surface area contributed by atoms with Gasteiger partial charge in [-0.15, -0.1) is 0 Å². The third kappa shape index (κ3) is 3.41. The molecule has 2 unspecified atom stereocenters. The van der Waals surface area contributed by atoms with Gasteiger partial charge in [0.25, 0.3) is 11.5 Å². The van der Waals surface area contributed by atoms with E-state index in [9.17, 15) is 9.59 Å². The van der Waals surface area contributed by atoms with Crippen molar-refractivity contribution in [3.05, 3.63) is 75.2 Å². The predicted octanol–water partition coefficient (Wildman–Crippen LogP) is 5.02. The molecule has 5 rings (SSSR count). The molecule has 0 saturated heterocycles. The van der Waals surface area contributed by atoms with Crippen LogP contribution in [0.25, 0.3) is 21.9 Å². The summed E-state index contributed by atoms with van der Waals surface area (Å²) >= 11 is 6.51. The topological polar surface area (TPSA) is 77.1 Å². The molecule has 1 N–H and O–H groups in total. The monoisotopic (exact) mass is 435 g/mol. The summed E-state index contributed by atoms with van der Waals surface area (Å²) in [6, 6.07) is 14.7. The number of amides is 1. The SMILES string of the molecule is Cc1noc2c1c(=O)n(C1CCCC(NC(=O)c3ccccc3)C1)c1cccc(Cl)c21. The van der Waals surface area contributed by atoms with Gasteiger partial charge in [-0.1, -0.05) is 41.0 Å². The lowest BCUT2D eigenvalue weighted by atomic mass is 9.90. The van der Waals surface area contributed by atoms with Gasteiger partial charge in [0.1, 0.15) is 5.39 Å². The van der Waals surface area contributed by atoms with E-state index in [1.807, 2.05) is 34.9 Å². The van der Waals surface area contributed by atoms with Crippen LogP contribution in [-0.2, 0) is 0 Å². The quantitative estimate of drug-likeness (QED) is 0.490. The first-order valence-corrected chi connectivity index (χ1v) is 10.9. The average molecular weight is 436 g/mol. The Balaban J connectivity index is 1.55. The molecule has 158 valence electrons. The Morgan fingerprint density at radius 3 is 2.74 bits per heavy atom. The first-order chi connectivity index (χ1) is 15.0. The van der Waals surface area contributed by atoms with E-state index >= 15 is 0 Å². The van der Waals surface area contributed by atoms with Gasteiger partial charge in [-0.3, -0.25) is 9.59 Å². The normalized spacial score (nSPS) is 19.0. The van der Waals surface area contributed by atoms with Crippen LogP contribution in [0, 0.1) is 6.92 Å². The lowest BCUT2D eigenvalue weighted by Crippen LogP contribution is -2.40. The molecule has 7 heteroatoms. The second-order valence-corrected chi connectivity index (χ2v) is 8.55. The summed E-state index contributed by atoms with van der Waals surface area (Å²) in [5.41, 5.74) is 2.25. The number of halogens is 1. The Labute approximate surface area is 183 Å². The standard InChI is InChI=1S/C24H22ClN3O3/c1-14-20-22(31-27-14)21-18(25)11-6-12-19(21)28(24(20)30)17-10-5-9-16(13-17)26-23(29)15-7-3-2-4-8-15/h2-4,6-8,11-12,16-17H,5,9-10,13H2,1H3,(H,26,29). The summed E-state index contributed by atoms with van der Waals surface area (Å²) in [4.78, 5) is 26.2. The number of hydrogen-bond donors (Lipinski definition) is 1. The minimum Gasteiger partial charge on any atom is -0.355 e. The summed E-state index contributed by atoms with van der Waals surface area (Å²) in [5, 5.41) is 8.86. The fourth-order valence-corrected chi connectivity index (χ4v) is 4.97. The van der Waals surface area contributed by atoms with Crippen molar-refractivity contribution in [2.45, 2.75) is 44.7 Å². The Kier molecular flexibility index (Phi) is 5.02. The molecule has 2 atom stereocenters. The smallest absolute Gasteiger partial charge is 0.264 e. The lowest BCUT2D eigenvalue weighted by Gasteiger charge is -2.32. The first kappa shape index (κ1) is 19.8. The number of aromatic nitrogens is 2. The number of aryl methyl sites for hydroxylation is 1. The highest BCUT2D eigenvalue weighted by Gasteiger charge is 2.29. The van der Waals surface area contributed by atoms with Gasteiger partial charge in [0, 0.05) is 17.6 Å². The van der Waals surface area contributed by atoms with E-state index in [0.717, 1.165) is 24.8 Å². The van der Waals surface area contributed by atoms with Crippen LogP contribution in [0.1, 0.15) is 47.8 Å². The zero-order chi connectivity index (χ0) is 21.5. The molecule has 0 spiro atoms. The highest BCUT2D eigenvalue weighted by molar-refractivity contribution is 6.37. The number of hydrogen-bond acceptors (Lipinski definition) is 4. The van der Waals surface area contributed by atoms with Crippen LogP contribution in [0.15, 0.2) is 57.8 Å². The maximum absolute atomic E-state index is 13.5. The van der Waals surface area contributed by atoms with Crippen molar-refractivity contribution in [3.8, 4) is 0 Å². The Morgan fingerprint density at radius 2 is 1.94 bits per heavy atom. The van der Waals surface area contributed by atoms with E-state index < -0.39 is 0 Å². The molecule has 1 amide bonds. The van der Waals surface area contributed by atoms with Crippen molar-refractivity contribution in [2.75, 3.05) is 0 Å². The fourth-order valence-electron chi connectivity index (χ4n) is 4.71. The van der Waals surface area contributed by atoms with Crippen molar-refractivity contribution >= 4 is 39.4 Å². The fraction of sp³-hybridized carbons (Fsp3) is 0.292. The molecule has 0 radical (unpaired) electrons. The minimum absolute atomic E-state index is 0.00754. The number of carbonyl (C=O) groups is 1. The maximum Gasteiger partial charge on any atom is 0.264 e. The molecule has 31 heavy (non-hydrogen) atoms. The van der Waals surface area contributed by atoms with Crippen molar-refractivity contribution in [1.82, 2.24) is 15.0 Å². The predicted molar refractivity (Wildman–Crippen MR) is 121 cm³/mol. The van der Waals surface area contributed by atoms with E-state index in [4.69, 9.17) is 16.1 Å². The Hall–Kier alpha value is -3.12. The van der Waals surface area contributed by atoms with Crippen LogP contribution in [0.5, 0.6) is 0 Å². The van der Waals surface area contributed by atoms with E-state index in [1.165, 1.54) is 0 Å². The van der Waals surface area contributed by atoms with Gasteiger partial charge in [0.15, 0.2) is 5.58 Å². The van der Waals surface area contributed by atoms with E-state index in [0.29, 0.717) is 39.1 Å². The summed E-state index contributed by atoms with van der Waals surface area (Å²) in [6.07, 6.45) is 3.33. The van der Waals surface area contributed by atoms with Gasteiger partial charge in [0.05, 0.1) is 21.6 Å². The molecular formula is C24H22ClN3O3. The second kappa shape index (κ2) is 7.85. The Morgan fingerprint density at radius 1 is 1.13 bits per heavy atom. The summed E-state index contributed by atoms with van der Waals surface area (Å²) in [7, 11) is 0. The van der Waals surface area contributed by atoms with Gasteiger partial charge in [-0.25, -0.2) is 0 Å². The van der Waals surface area contributed by atoms with E-state index in [-0.39, 0.29) is 23.6 Å². The van der Waals surface area contributed by atoms with Gasteiger partial charge in [-0.2, -0.15) is 0 Å². The average Bonchev–Trinajstić information content (AvgIpc) is 3.16. The van der Waals surface area contributed by atoms with E-state index in [1.54, 1.807) is 25.1 Å². The molecule has 4 aromatic rings. The largest absolute Gasteiger partial charge is 0.355 e. The summed E-state index contributed by atoms with van der Waals surface area (Å²) in [6.45, 7) is 1.77. The molecule has 6 nitrogen and oxygen atoms in total. The summed E-state index contributed by atoms with van der Waals surface area (Å²) in [5.74, 6) is -0.0863. The maximum atomic E-state index is 13.5. The third-order valence-corrected chi connectivity index (χ3v) is 6.47. The number of pyridine rings is 1. The van der Waals surface area contributed by atoms with Crippen LogP contribution < -0.4 is 10.9 Å². The van der Waals surface area contributed by atoms with Crippen LogP contribution >= 0.6 is 11.6 Å². The van der Waals surface area contributed by atoms with Crippen LogP contribution in [0.4, 0.5) is 0 Å². The molecule has 2 heterocycles. The molecule has 1 saturated carbocycles. The zero-order valence-corrected chi connectivity index (χ0v) is 17.9. The zero-order valence-electron chi connectivity index (χ0n) is 17.1. The third-order valence-electron chi connectivity index (χ3n) is 6.16. The second-order valence-electron chi connectivity index (χ2n) is 8.14. The molecule has 2 aromatic heterocycles. The van der Waals surface area contributed by atoms with Gasteiger partial charge >= 0.3 is 0 Å². The molecule has 0 bridgehead atoms. The number of fused-ring (bicyclic) bond motifs is 3. The van der Waals surface area contributed by atoms with Gasteiger partial charge < -0.3 is 14.4 Å². The van der Waals surface area contributed by atoms with Crippen molar-refractivity contribution < 1.29 is 9.32 Å². The molecule has 1 aliphatic carbocycles. The van der Waals surface area contributed by atoms with Crippen LogP contribution in [-0.4, -0.2) is 21.7 Å². The first-order valence-electron chi connectivity index (χ1n) is 10.5. The number of benzene rings is 2. The van der Waals surface area contributed by atoms with Gasteiger partial charge in [0.2, 0.25) is 0 Å². The Bertz CT molecular complexity index is 1340. The van der Waals surface area contributed by atoms with Crippen molar-refractivity contribution in [2.24, 2.45) is 0 Å². The number of nitrogens with one attached hydrogen (secondary N) is 1. The van der Waals surface area contributed by atoms with Crippen molar-refractivity contribution in [1.29, 1.82) is 0 Å². The molecule has 2 aromatic carbocycles. The lowest BCUT2D eigenvalue weighted by molar-refractivity contribution is 0.0920. The molecule has 0 aliphatic heterocycles. The highest BCUT2D eigenvalue weighted by atomic mass is 35.5. The van der Waals surface area contributed by atoms with Crippen LogP contribution in [0.2, 0.25) is 5.02 Å². The van der Waals surface area contributed by atoms with Crippen LogP contribution in [0.3, 0.4) is 0 Å².